The molecule has 5 aromatic rings. The Balaban J connectivity index is 2.10. The summed E-state index contributed by atoms with van der Waals surface area (Å²) in [6.07, 6.45) is 3.88. The van der Waals surface area contributed by atoms with E-state index < -0.39 is 0 Å². The van der Waals surface area contributed by atoms with Crippen LogP contribution in [0.5, 0.6) is 0 Å². The van der Waals surface area contributed by atoms with Gasteiger partial charge in [-0.3, -0.25) is 0 Å². The largest absolute Gasteiger partial charge is 0.135 e. The Bertz CT molecular complexity index is 1320. The van der Waals surface area contributed by atoms with Gasteiger partial charge in [-0.25, -0.2) is 0 Å². The third-order valence-electron chi connectivity index (χ3n) is 5.01. The number of fused-ring (bicyclic) bond motifs is 7. The summed E-state index contributed by atoms with van der Waals surface area (Å²) in [4.78, 5) is 0. The van der Waals surface area contributed by atoms with Crippen molar-refractivity contribution in [3.63, 3.8) is 0 Å². The summed E-state index contributed by atoms with van der Waals surface area (Å²) >= 11 is 1.88. The second kappa shape index (κ2) is 5.30. The molecule has 1 heteroatoms. The van der Waals surface area contributed by atoms with Gasteiger partial charge in [0.25, 0.3) is 0 Å². The van der Waals surface area contributed by atoms with Gasteiger partial charge in [-0.1, -0.05) is 79.9 Å². The van der Waals surface area contributed by atoms with Gasteiger partial charge in [-0.2, -0.15) is 0 Å². The van der Waals surface area contributed by atoms with Gasteiger partial charge in [0.15, 0.2) is 0 Å². The first-order valence-electron chi connectivity index (χ1n) is 8.36. The highest BCUT2D eigenvalue weighted by Gasteiger charge is 2.14. The molecule has 0 radical (unpaired) electrons. The molecule has 1 aromatic heterocycles. The average molecular weight is 336 g/mol. The van der Waals surface area contributed by atoms with Gasteiger partial charge in [0.1, 0.15) is 0 Å². The van der Waals surface area contributed by atoms with Crippen molar-refractivity contribution in [2.45, 2.75) is 0 Å². The predicted molar refractivity (Wildman–Crippen MR) is 115 cm³/mol. The second-order valence-corrected chi connectivity index (χ2v) is 7.33. The molecule has 25 heavy (non-hydrogen) atoms. The van der Waals surface area contributed by atoms with E-state index in [2.05, 4.69) is 73.8 Å². The van der Waals surface area contributed by atoms with Gasteiger partial charge in [0.05, 0.1) is 0 Å². The van der Waals surface area contributed by atoms with Crippen LogP contribution >= 0.6 is 11.3 Å². The van der Waals surface area contributed by atoms with Crippen LogP contribution in [0.25, 0.3) is 53.9 Å². The molecule has 0 aliphatic carbocycles. The lowest BCUT2D eigenvalue weighted by Gasteiger charge is -2.09. The van der Waals surface area contributed by atoms with Crippen molar-refractivity contribution in [1.82, 2.24) is 0 Å². The standard InChI is InChI=1S/C24H16S/c1-3-15-9-10-17-12-14-21-23(22(17)18(15)4-2)20-13-11-16-7-5-6-8-19(16)24(20)25-21/h3-14H,1-2H2. The highest BCUT2D eigenvalue weighted by molar-refractivity contribution is 7.26. The molecule has 0 aliphatic rings. The molecule has 5 rings (SSSR count). The fourth-order valence-electron chi connectivity index (χ4n) is 3.85. The smallest absolute Gasteiger partial charge is 0.0434 e. The van der Waals surface area contributed by atoms with Crippen LogP contribution in [-0.4, -0.2) is 0 Å². The topological polar surface area (TPSA) is 0 Å². The van der Waals surface area contributed by atoms with E-state index in [0.717, 1.165) is 5.56 Å². The molecule has 0 spiro atoms. The summed E-state index contributed by atoms with van der Waals surface area (Å²) in [5, 5.41) is 7.82. The van der Waals surface area contributed by atoms with Crippen LogP contribution in [0.1, 0.15) is 11.1 Å². The molecule has 0 aliphatic heterocycles. The first kappa shape index (κ1) is 14.4. The van der Waals surface area contributed by atoms with Crippen molar-refractivity contribution in [3.05, 3.63) is 84.9 Å². The zero-order valence-corrected chi connectivity index (χ0v) is 14.6. The van der Waals surface area contributed by atoms with Crippen LogP contribution in [0.2, 0.25) is 0 Å². The van der Waals surface area contributed by atoms with Crippen LogP contribution < -0.4 is 0 Å². The number of rotatable bonds is 2. The molecule has 1 heterocycles. The van der Waals surface area contributed by atoms with E-state index in [1.54, 1.807) is 0 Å². The third-order valence-corrected chi connectivity index (χ3v) is 6.21. The van der Waals surface area contributed by atoms with Crippen LogP contribution in [0, 0.1) is 0 Å². The molecule has 118 valence electrons. The van der Waals surface area contributed by atoms with Gasteiger partial charge < -0.3 is 0 Å². The molecule has 4 aromatic carbocycles. The van der Waals surface area contributed by atoms with Gasteiger partial charge in [0, 0.05) is 20.2 Å². The summed E-state index contributed by atoms with van der Waals surface area (Å²) in [6, 6.07) is 21.9. The van der Waals surface area contributed by atoms with Crippen molar-refractivity contribution >= 4 is 65.2 Å². The number of benzene rings is 4. The quantitative estimate of drug-likeness (QED) is 0.310. The molecule has 0 amide bonds. The number of thiophene rings is 1. The lowest BCUT2D eigenvalue weighted by atomic mass is 9.94. The molecule has 0 saturated heterocycles. The Hall–Kier alpha value is -2.90. The molecule has 0 fully saturated rings. The monoisotopic (exact) mass is 336 g/mol. The summed E-state index contributed by atoms with van der Waals surface area (Å²) in [5.41, 5.74) is 2.31. The normalized spacial score (nSPS) is 11.5. The Kier molecular flexibility index (Phi) is 3.06. The third kappa shape index (κ3) is 1.93. The fourth-order valence-corrected chi connectivity index (χ4v) is 5.10. The Labute approximate surface area is 150 Å². The first-order valence-corrected chi connectivity index (χ1v) is 9.18. The van der Waals surface area contributed by atoms with E-state index in [0.29, 0.717) is 0 Å². The maximum Gasteiger partial charge on any atom is 0.0434 e. The van der Waals surface area contributed by atoms with Crippen LogP contribution in [0.4, 0.5) is 0 Å². The highest BCUT2D eigenvalue weighted by atomic mass is 32.1. The molecule has 0 saturated carbocycles. The maximum absolute atomic E-state index is 4.07. The molecule has 0 N–H and O–H groups in total. The van der Waals surface area contributed by atoms with Crippen molar-refractivity contribution in [3.8, 4) is 0 Å². The van der Waals surface area contributed by atoms with E-state index in [-0.39, 0.29) is 0 Å². The second-order valence-electron chi connectivity index (χ2n) is 6.28. The van der Waals surface area contributed by atoms with E-state index in [9.17, 15) is 0 Å². The summed E-state index contributed by atoms with van der Waals surface area (Å²) < 4.78 is 2.68. The molecule has 0 bridgehead atoms. The minimum absolute atomic E-state index is 1.13. The minimum atomic E-state index is 1.13. The number of hydrogen-bond acceptors (Lipinski definition) is 1. The lowest BCUT2D eigenvalue weighted by Crippen LogP contribution is -1.85. The molecule has 0 nitrogen and oxygen atoms in total. The van der Waals surface area contributed by atoms with Crippen LogP contribution in [-0.2, 0) is 0 Å². The zero-order valence-electron chi connectivity index (χ0n) is 13.8. The summed E-state index contributed by atoms with van der Waals surface area (Å²) in [5.74, 6) is 0. The maximum atomic E-state index is 4.07. The predicted octanol–water partition coefficient (Wildman–Crippen LogP) is 7.65. The van der Waals surface area contributed by atoms with Crippen LogP contribution in [0.15, 0.2) is 73.8 Å². The fraction of sp³-hybridized carbons (Fsp3) is 0. The van der Waals surface area contributed by atoms with E-state index in [1.165, 1.54) is 47.3 Å². The highest BCUT2D eigenvalue weighted by Crippen LogP contribution is 2.43. The minimum Gasteiger partial charge on any atom is -0.135 e. The Morgan fingerprint density at radius 1 is 0.680 bits per heavy atom. The first-order chi connectivity index (χ1) is 12.3. The van der Waals surface area contributed by atoms with Crippen molar-refractivity contribution < 1.29 is 0 Å². The summed E-state index contributed by atoms with van der Waals surface area (Å²) in [6.45, 7) is 8.04. The SMILES string of the molecule is C=Cc1ccc2ccc3sc4c5ccccc5ccc4c3c2c1C=C. The van der Waals surface area contributed by atoms with Crippen molar-refractivity contribution in [2.24, 2.45) is 0 Å². The molecule has 0 unspecified atom stereocenters. The van der Waals surface area contributed by atoms with E-state index in [4.69, 9.17) is 0 Å². The molecule has 0 atom stereocenters. The van der Waals surface area contributed by atoms with Gasteiger partial charge >= 0.3 is 0 Å². The van der Waals surface area contributed by atoms with Gasteiger partial charge in [0.2, 0.25) is 0 Å². The van der Waals surface area contributed by atoms with Crippen molar-refractivity contribution in [1.29, 1.82) is 0 Å². The molecular formula is C24H16S. The summed E-state index contributed by atoms with van der Waals surface area (Å²) in [7, 11) is 0. The van der Waals surface area contributed by atoms with Crippen LogP contribution in [0.3, 0.4) is 0 Å². The van der Waals surface area contributed by atoms with Gasteiger partial charge in [-0.15, -0.1) is 11.3 Å². The average Bonchev–Trinajstić information content (AvgIpc) is 3.06. The number of hydrogen-bond donors (Lipinski definition) is 0. The van der Waals surface area contributed by atoms with E-state index in [1.807, 2.05) is 23.5 Å². The van der Waals surface area contributed by atoms with Gasteiger partial charge in [-0.05, 0) is 38.7 Å². The Morgan fingerprint density at radius 2 is 1.48 bits per heavy atom. The van der Waals surface area contributed by atoms with E-state index >= 15 is 0 Å². The zero-order chi connectivity index (χ0) is 17.0. The molecular weight excluding hydrogens is 320 g/mol. The van der Waals surface area contributed by atoms with Crippen molar-refractivity contribution in [2.75, 3.05) is 0 Å². The Morgan fingerprint density at radius 3 is 2.32 bits per heavy atom. The lowest BCUT2D eigenvalue weighted by molar-refractivity contribution is 1.71.